The highest BCUT2D eigenvalue weighted by atomic mass is 16.4. The van der Waals surface area contributed by atoms with Gasteiger partial charge in [-0.05, 0) is 18.3 Å². The Kier molecular flexibility index (Phi) is 2.59. The van der Waals surface area contributed by atoms with E-state index in [-0.39, 0.29) is 5.41 Å². The Morgan fingerprint density at radius 3 is 2.46 bits per heavy atom. The molecular formula is C9H15NO3. The molecule has 0 bridgehead atoms. The Morgan fingerprint density at radius 2 is 2.00 bits per heavy atom. The van der Waals surface area contributed by atoms with Crippen molar-refractivity contribution in [3.63, 3.8) is 0 Å². The van der Waals surface area contributed by atoms with E-state index in [4.69, 9.17) is 5.11 Å². The molecule has 0 spiro atoms. The fraction of sp³-hybridized carbons (Fsp3) is 0.778. The lowest BCUT2D eigenvalue weighted by Crippen LogP contribution is -2.46. The number of likely N-dealkylation sites (tertiary alicyclic amines) is 1. The van der Waals surface area contributed by atoms with Crippen molar-refractivity contribution in [1.82, 2.24) is 4.90 Å². The molecule has 0 saturated carbocycles. The number of piperidine rings is 1. The Bertz CT molecular complexity index is 235. The smallest absolute Gasteiger partial charge is 0.394 e. The summed E-state index contributed by atoms with van der Waals surface area (Å²) < 4.78 is 0. The maximum Gasteiger partial charge on any atom is 0.394 e. The molecule has 1 rings (SSSR count). The second-order valence-corrected chi connectivity index (χ2v) is 4.30. The van der Waals surface area contributed by atoms with Gasteiger partial charge >= 0.3 is 11.9 Å². The third kappa shape index (κ3) is 2.44. The van der Waals surface area contributed by atoms with Crippen LogP contribution in [0.15, 0.2) is 0 Å². The monoisotopic (exact) mass is 185 g/mol. The molecule has 13 heavy (non-hydrogen) atoms. The lowest BCUT2D eigenvalue weighted by Gasteiger charge is -2.37. The van der Waals surface area contributed by atoms with Crippen LogP contribution >= 0.6 is 0 Å². The summed E-state index contributed by atoms with van der Waals surface area (Å²) >= 11 is 0. The molecule has 1 aliphatic heterocycles. The highest BCUT2D eigenvalue weighted by molar-refractivity contribution is 6.31. The maximum absolute atomic E-state index is 11.1. The molecular weight excluding hydrogens is 170 g/mol. The summed E-state index contributed by atoms with van der Waals surface area (Å²) in [6.45, 7) is 5.23. The lowest BCUT2D eigenvalue weighted by atomic mass is 9.84. The Hall–Kier alpha value is -1.06. The molecule has 0 aromatic rings. The zero-order valence-corrected chi connectivity index (χ0v) is 8.04. The Morgan fingerprint density at radius 1 is 1.38 bits per heavy atom. The van der Waals surface area contributed by atoms with E-state index in [1.54, 1.807) is 0 Å². The van der Waals surface area contributed by atoms with E-state index in [1.165, 1.54) is 4.90 Å². The topological polar surface area (TPSA) is 57.6 Å². The van der Waals surface area contributed by atoms with Gasteiger partial charge in [-0.25, -0.2) is 4.79 Å². The molecule has 1 N–H and O–H groups in total. The predicted molar refractivity (Wildman–Crippen MR) is 47.2 cm³/mol. The van der Waals surface area contributed by atoms with Gasteiger partial charge in [-0.3, -0.25) is 4.79 Å². The lowest BCUT2D eigenvalue weighted by molar-refractivity contribution is -0.157. The molecule has 74 valence electrons. The van der Waals surface area contributed by atoms with E-state index >= 15 is 0 Å². The second-order valence-electron chi connectivity index (χ2n) is 4.30. The van der Waals surface area contributed by atoms with E-state index in [0.29, 0.717) is 13.1 Å². The molecule has 1 fully saturated rings. The van der Waals surface area contributed by atoms with Gasteiger partial charge in [-0.2, -0.15) is 0 Å². The van der Waals surface area contributed by atoms with Crippen LogP contribution in [0.3, 0.4) is 0 Å². The van der Waals surface area contributed by atoms with Gasteiger partial charge in [-0.15, -0.1) is 0 Å². The van der Waals surface area contributed by atoms with Crippen LogP contribution in [0.1, 0.15) is 26.7 Å². The molecule has 1 amide bonds. The van der Waals surface area contributed by atoms with Crippen molar-refractivity contribution in [3.05, 3.63) is 0 Å². The summed E-state index contributed by atoms with van der Waals surface area (Å²) in [6, 6.07) is 0. The zero-order chi connectivity index (χ0) is 10.1. The van der Waals surface area contributed by atoms with Gasteiger partial charge in [-0.1, -0.05) is 13.8 Å². The van der Waals surface area contributed by atoms with Crippen molar-refractivity contribution in [3.8, 4) is 0 Å². The molecule has 4 nitrogen and oxygen atoms in total. The Labute approximate surface area is 77.5 Å². The van der Waals surface area contributed by atoms with Crippen LogP contribution in [0.2, 0.25) is 0 Å². The molecule has 1 saturated heterocycles. The van der Waals surface area contributed by atoms with Crippen LogP contribution < -0.4 is 0 Å². The van der Waals surface area contributed by atoms with E-state index in [9.17, 15) is 9.59 Å². The van der Waals surface area contributed by atoms with E-state index < -0.39 is 11.9 Å². The first-order valence-corrected chi connectivity index (χ1v) is 4.45. The first kappa shape index (κ1) is 10.0. The average Bonchev–Trinajstić information content (AvgIpc) is 2.01. The van der Waals surface area contributed by atoms with Crippen molar-refractivity contribution in [2.75, 3.05) is 13.1 Å². The number of aliphatic carboxylic acids is 1. The van der Waals surface area contributed by atoms with Crippen LogP contribution in [0.25, 0.3) is 0 Å². The average molecular weight is 185 g/mol. The molecule has 0 aliphatic carbocycles. The number of carboxylic acid groups (broad SMARTS) is 1. The third-order valence-electron chi connectivity index (χ3n) is 2.37. The molecule has 1 aliphatic rings. The molecule has 0 radical (unpaired) electrons. The number of amides is 1. The normalized spacial score (nSPS) is 21.2. The summed E-state index contributed by atoms with van der Waals surface area (Å²) in [5, 5.41) is 8.51. The highest BCUT2D eigenvalue weighted by Gasteiger charge is 2.31. The number of hydrogen-bond donors (Lipinski definition) is 1. The van der Waals surface area contributed by atoms with Crippen LogP contribution in [0.4, 0.5) is 0 Å². The quantitative estimate of drug-likeness (QED) is 0.566. The molecule has 0 aromatic carbocycles. The number of rotatable bonds is 0. The minimum Gasteiger partial charge on any atom is -0.474 e. The van der Waals surface area contributed by atoms with Gasteiger partial charge in [0.1, 0.15) is 0 Å². The van der Waals surface area contributed by atoms with Gasteiger partial charge in [0.15, 0.2) is 0 Å². The first-order chi connectivity index (χ1) is 5.92. The fourth-order valence-electron chi connectivity index (χ4n) is 1.73. The minimum atomic E-state index is -1.35. The number of nitrogens with zero attached hydrogens (tertiary/aromatic N) is 1. The predicted octanol–water partition coefficient (Wildman–Crippen LogP) is 0.720. The number of carboxylic acids is 1. The number of carbonyl (C=O) groups excluding carboxylic acids is 1. The molecule has 0 aromatic heterocycles. The number of carbonyl (C=O) groups is 2. The summed E-state index contributed by atoms with van der Waals surface area (Å²) in [4.78, 5) is 23.0. The SMILES string of the molecule is CC1(C)CCCN(C(=O)C(=O)O)C1. The van der Waals surface area contributed by atoms with Crippen LogP contribution in [0, 0.1) is 5.41 Å². The molecule has 1 heterocycles. The van der Waals surface area contributed by atoms with Gasteiger partial charge in [0, 0.05) is 13.1 Å². The zero-order valence-electron chi connectivity index (χ0n) is 8.04. The first-order valence-electron chi connectivity index (χ1n) is 4.45. The van der Waals surface area contributed by atoms with E-state index in [1.807, 2.05) is 13.8 Å². The highest BCUT2D eigenvalue weighted by Crippen LogP contribution is 2.28. The molecule has 0 atom stereocenters. The summed E-state index contributed by atoms with van der Waals surface area (Å²) in [5.41, 5.74) is 0.0589. The fourth-order valence-corrected chi connectivity index (χ4v) is 1.73. The van der Waals surface area contributed by atoms with E-state index in [0.717, 1.165) is 12.8 Å². The minimum absolute atomic E-state index is 0.0589. The van der Waals surface area contributed by atoms with Crippen molar-refractivity contribution in [2.45, 2.75) is 26.7 Å². The summed E-state index contributed by atoms with van der Waals surface area (Å²) in [5.74, 6) is -2.12. The van der Waals surface area contributed by atoms with Crippen molar-refractivity contribution in [2.24, 2.45) is 5.41 Å². The Balaban J connectivity index is 2.62. The summed E-state index contributed by atoms with van der Waals surface area (Å²) in [7, 11) is 0. The van der Waals surface area contributed by atoms with Gasteiger partial charge in [0.05, 0.1) is 0 Å². The largest absolute Gasteiger partial charge is 0.474 e. The van der Waals surface area contributed by atoms with Crippen LogP contribution in [0.5, 0.6) is 0 Å². The number of hydrogen-bond acceptors (Lipinski definition) is 2. The van der Waals surface area contributed by atoms with Gasteiger partial charge in [0.25, 0.3) is 0 Å². The van der Waals surface area contributed by atoms with Crippen molar-refractivity contribution < 1.29 is 14.7 Å². The molecule has 4 heteroatoms. The second kappa shape index (κ2) is 3.36. The van der Waals surface area contributed by atoms with Crippen LogP contribution in [-0.4, -0.2) is 35.0 Å². The molecule has 0 unspecified atom stereocenters. The van der Waals surface area contributed by atoms with Crippen LogP contribution in [-0.2, 0) is 9.59 Å². The van der Waals surface area contributed by atoms with E-state index in [2.05, 4.69) is 0 Å². The van der Waals surface area contributed by atoms with Crippen molar-refractivity contribution in [1.29, 1.82) is 0 Å². The van der Waals surface area contributed by atoms with Gasteiger partial charge in [0.2, 0.25) is 0 Å². The summed E-state index contributed by atoms with van der Waals surface area (Å²) in [6.07, 6.45) is 1.95. The van der Waals surface area contributed by atoms with Crippen molar-refractivity contribution >= 4 is 11.9 Å². The maximum atomic E-state index is 11.1. The standard InChI is InChI=1S/C9H15NO3/c1-9(2)4-3-5-10(6-9)7(11)8(12)13/h3-6H2,1-2H3,(H,12,13). The third-order valence-corrected chi connectivity index (χ3v) is 2.37. The van der Waals surface area contributed by atoms with Gasteiger partial charge < -0.3 is 10.0 Å².